The molecule has 4 amide bonds. The summed E-state index contributed by atoms with van der Waals surface area (Å²) in [4.78, 5) is 55.1. The molecule has 4 aromatic rings. The number of amides is 4. The number of thiazole rings is 2. The molecule has 1 fully saturated rings. The predicted octanol–water partition coefficient (Wildman–Crippen LogP) is 6.00. The number of morpholine rings is 1. The number of nitrogens with zero attached hydrogens (tertiary/aromatic N) is 4. The van der Waals surface area contributed by atoms with Crippen molar-refractivity contribution in [1.29, 1.82) is 0 Å². The van der Waals surface area contributed by atoms with Crippen LogP contribution in [0.25, 0.3) is 0 Å². The Hall–Kier alpha value is -4.37. The summed E-state index contributed by atoms with van der Waals surface area (Å²) >= 11 is 3.03. The molecule has 3 unspecified atom stereocenters. The van der Waals surface area contributed by atoms with E-state index in [1.54, 1.807) is 35.0 Å². The lowest BCUT2D eigenvalue weighted by molar-refractivity contribution is -0.124. The number of hydrogen-bond donors (Lipinski definition) is 3. The molecule has 14 heteroatoms. The van der Waals surface area contributed by atoms with Crippen LogP contribution in [0.3, 0.4) is 0 Å². The van der Waals surface area contributed by atoms with E-state index in [0.29, 0.717) is 64.3 Å². The van der Waals surface area contributed by atoms with E-state index in [0.717, 1.165) is 39.0 Å². The molecule has 0 radical (unpaired) electrons. The van der Waals surface area contributed by atoms with E-state index < -0.39 is 12.1 Å². The molecule has 2 aromatic heterocycles. The van der Waals surface area contributed by atoms with E-state index in [9.17, 15) is 14.4 Å². The van der Waals surface area contributed by atoms with Gasteiger partial charge < -0.3 is 30.3 Å². The number of ether oxygens (including phenoxy) is 2. The van der Waals surface area contributed by atoms with E-state index in [4.69, 9.17) is 9.47 Å². The van der Waals surface area contributed by atoms with Gasteiger partial charge in [-0.3, -0.25) is 14.7 Å². The highest BCUT2D eigenvalue weighted by atomic mass is 32.1. The molecule has 3 atom stereocenters. The van der Waals surface area contributed by atoms with Crippen molar-refractivity contribution in [3.05, 3.63) is 104 Å². The fraction of sp³-hybridized carbons (Fsp3) is 0.475. The van der Waals surface area contributed by atoms with Gasteiger partial charge in [-0.05, 0) is 43.2 Å². The monoisotopic (exact) mass is 775 g/mol. The Morgan fingerprint density at radius 1 is 0.870 bits per heavy atom. The summed E-state index contributed by atoms with van der Waals surface area (Å²) in [7, 11) is 1.74. The quantitative estimate of drug-likeness (QED) is 0.106. The molecule has 1 aliphatic rings. The van der Waals surface area contributed by atoms with E-state index in [-0.39, 0.29) is 30.6 Å². The maximum absolute atomic E-state index is 14.2. The molecule has 3 N–H and O–H groups in total. The number of nitrogens with one attached hydrogen (secondary N) is 3. The number of urea groups is 1. The molecular formula is C40H53N7O5S2. The normalized spacial score (nSPS) is 14.9. The summed E-state index contributed by atoms with van der Waals surface area (Å²) in [5.41, 5.74) is 3.87. The highest BCUT2D eigenvalue weighted by molar-refractivity contribution is 7.11. The van der Waals surface area contributed by atoms with E-state index in [2.05, 4.69) is 44.7 Å². The van der Waals surface area contributed by atoms with Gasteiger partial charge in [-0.1, -0.05) is 74.5 Å². The van der Waals surface area contributed by atoms with Crippen LogP contribution in [0.4, 0.5) is 9.59 Å². The first kappa shape index (κ1) is 40.8. The van der Waals surface area contributed by atoms with Gasteiger partial charge in [0.1, 0.15) is 12.6 Å². The summed E-state index contributed by atoms with van der Waals surface area (Å²) < 4.78 is 11.1. The molecule has 2 aromatic carbocycles. The van der Waals surface area contributed by atoms with Crippen molar-refractivity contribution in [2.45, 2.75) is 83.1 Å². The Morgan fingerprint density at radius 2 is 1.52 bits per heavy atom. The lowest BCUT2D eigenvalue weighted by atomic mass is 9.95. The Labute approximate surface area is 326 Å². The molecule has 0 bridgehead atoms. The van der Waals surface area contributed by atoms with Crippen LogP contribution in [-0.2, 0) is 40.3 Å². The van der Waals surface area contributed by atoms with Gasteiger partial charge in [0.15, 0.2) is 0 Å². The topological polar surface area (TPSA) is 138 Å². The zero-order chi connectivity index (χ0) is 38.1. The Morgan fingerprint density at radius 3 is 2.11 bits per heavy atom. The fourth-order valence-electron chi connectivity index (χ4n) is 6.24. The SMILES string of the molecule is CC(C)c1ncc(CN(C)C(=O)NC(CCN2CCOCC2)C(=O)NC(CCC(Cc2ccccc2)NC(=O)OCc2cncs2)Cc2ccccc2)s1. The van der Waals surface area contributed by atoms with Crippen molar-refractivity contribution in [2.24, 2.45) is 0 Å². The van der Waals surface area contributed by atoms with Gasteiger partial charge in [-0.15, -0.1) is 22.7 Å². The molecule has 0 saturated carbocycles. The van der Waals surface area contributed by atoms with Crippen molar-refractivity contribution in [3.63, 3.8) is 0 Å². The van der Waals surface area contributed by atoms with Gasteiger partial charge >= 0.3 is 12.1 Å². The zero-order valence-corrected chi connectivity index (χ0v) is 33.1. The van der Waals surface area contributed by atoms with Crippen molar-refractivity contribution in [3.8, 4) is 0 Å². The Kier molecular flexibility index (Phi) is 16.2. The van der Waals surface area contributed by atoms with Crippen LogP contribution in [-0.4, -0.2) is 95.8 Å². The third-order valence-corrected chi connectivity index (χ3v) is 11.3. The summed E-state index contributed by atoms with van der Waals surface area (Å²) in [5, 5.41) is 10.5. The second-order valence-electron chi connectivity index (χ2n) is 14.0. The highest BCUT2D eigenvalue weighted by Crippen LogP contribution is 2.22. The maximum atomic E-state index is 14.2. The van der Waals surface area contributed by atoms with Crippen molar-refractivity contribution < 1.29 is 23.9 Å². The first-order valence-electron chi connectivity index (χ1n) is 18.7. The van der Waals surface area contributed by atoms with Crippen LogP contribution in [0.1, 0.15) is 64.9 Å². The summed E-state index contributed by atoms with van der Waals surface area (Å²) in [6.45, 7) is 8.25. The standard InChI is InChI=1S/C40H53N7O5S2/c1-29(2)38-42-25-34(54-38)26-46(3)39(49)45-36(16-17-47-18-20-51-21-19-47)37(48)43-32(22-30-10-6-4-7-11-30)14-15-33(23-31-12-8-5-9-13-31)44-40(50)52-27-35-24-41-28-53-35/h4-13,24-25,28-29,32-33,36H,14-23,26-27H2,1-3H3,(H,43,48)(H,44,50)(H,45,49). The van der Waals surface area contributed by atoms with Gasteiger partial charge in [-0.25, -0.2) is 14.6 Å². The highest BCUT2D eigenvalue weighted by Gasteiger charge is 2.27. The molecule has 5 rings (SSSR count). The predicted molar refractivity (Wildman–Crippen MR) is 213 cm³/mol. The van der Waals surface area contributed by atoms with Crippen LogP contribution >= 0.6 is 22.7 Å². The molecule has 1 aliphatic heterocycles. The largest absolute Gasteiger partial charge is 0.444 e. The third kappa shape index (κ3) is 13.8. The minimum atomic E-state index is -0.756. The van der Waals surface area contributed by atoms with Gasteiger partial charge in [0, 0.05) is 62.0 Å². The molecule has 0 spiro atoms. The summed E-state index contributed by atoms with van der Waals surface area (Å²) in [6.07, 6.45) is 5.83. The van der Waals surface area contributed by atoms with Gasteiger partial charge in [0.05, 0.1) is 35.2 Å². The average molecular weight is 776 g/mol. The van der Waals surface area contributed by atoms with Crippen LogP contribution in [0.2, 0.25) is 0 Å². The van der Waals surface area contributed by atoms with Crippen LogP contribution in [0, 0.1) is 0 Å². The Bertz CT molecular complexity index is 1700. The minimum absolute atomic E-state index is 0.150. The molecule has 54 heavy (non-hydrogen) atoms. The Balaban J connectivity index is 1.28. The van der Waals surface area contributed by atoms with Crippen LogP contribution in [0.5, 0.6) is 0 Å². The fourth-order valence-corrected chi connectivity index (χ4v) is 7.72. The van der Waals surface area contributed by atoms with E-state index in [1.807, 2.05) is 66.9 Å². The second kappa shape index (κ2) is 21.5. The van der Waals surface area contributed by atoms with Gasteiger partial charge in [-0.2, -0.15) is 0 Å². The number of carbonyl (C=O) groups is 3. The lowest BCUT2D eigenvalue weighted by Gasteiger charge is -2.30. The van der Waals surface area contributed by atoms with Crippen molar-refractivity contribution in [1.82, 2.24) is 35.7 Å². The number of alkyl carbamates (subject to hydrolysis) is 1. The lowest BCUT2D eigenvalue weighted by Crippen LogP contribution is -2.54. The number of carbonyl (C=O) groups excluding carboxylic acids is 3. The molecule has 0 aliphatic carbocycles. The van der Waals surface area contributed by atoms with Crippen molar-refractivity contribution >= 4 is 40.7 Å². The van der Waals surface area contributed by atoms with Gasteiger partial charge in [0.25, 0.3) is 0 Å². The minimum Gasteiger partial charge on any atom is -0.444 e. The smallest absolute Gasteiger partial charge is 0.407 e. The molecule has 290 valence electrons. The zero-order valence-electron chi connectivity index (χ0n) is 31.4. The molecule has 1 saturated heterocycles. The average Bonchev–Trinajstić information content (AvgIpc) is 3.89. The number of hydrogen-bond acceptors (Lipinski definition) is 10. The van der Waals surface area contributed by atoms with Crippen LogP contribution < -0.4 is 16.0 Å². The number of rotatable bonds is 19. The molecular weight excluding hydrogens is 723 g/mol. The number of benzene rings is 2. The summed E-state index contributed by atoms with van der Waals surface area (Å²) in [6, 6.07) is 18.5. The second-order valence-corrected chi connectivity index (χ2v) is 16.1. The van der Waals surface area contributed by atoms with Crippen LogP contribution in [0.15, 0.2) is 78.6 Å². The van der Waals surface area contributed by atoms with E-state index in [1.165, 1.54) is 11.3 Å². The number of aromatic nitrogens is 2. The maximum Gasteiger partial charge on any atom is 0.407 e. The first-order chi connectivity index (χ1) is 26.2. The van der Waals surface area contributed by atoms with E-state index >= 15 is 0 Å². The third-order valence-electron chi connectivity index (χ3n) is 9.27. The molecule has 3 heterocycles. The first-order valence-corrected chi connectivity index (χ1v) is 20.4. The van der Waals surface area contributed by atoms with Crippen molar-refractivity contribution in [2.75, 3.05) is 39.9 Å². The summed E-state index contributed by atoms with van der Waals surface area (Å²) in [5.74, 6) is 0.0785. The van der Waals surface area contributed by atoms with Gasteiger partial charge in [0.2, 0.25) is 5.91 Å². The molecule has 12 nitrogen and oxygen atoms in total.